The summed E-state index contributed by atoms with van der Waals surface area (Å²) in [6, 6.07) is 12.6. The first-order valence-corrected chi connectivity index (χ1v) is 13.8. The van der Waals surface area contributed by atoms with E-state index in [-0.39, 0.29) is 37.1 Å². The molecule has 2 aromatic carbocycles. The summed E-state index contributed by atoms with van der Waals surface area (Å²) < 4.78 is 22.0. The van der Waals surface area contributed by atoms with Crippen molar-refractivity contribution in [2.24, 2.45) is 0 Å². The lowest BCUT2D eigenvalue weighted by Crippen LogP contribution is -2.36. The molecular weight excluding hydrogens is 534 g/mol. The van der Waals surface area contributed by atoms with E-state index >= 15 is 0 Å². The Bertz CT molecular complexity index is 1350. The van der Waals surface area contributed by atoms with E-state index in [0.29, 0.717) is 52.8 Å². The van der Waals surface area contributed by atoms with Crippen molar-refractivity contribution >= 4 is 29.3 Å². The van der Waals surface area contributed by atoms with E-state index in [1.165, 1.54) is 6.92 Å². The monoisotopic (exact) mass is 567 g/mol. The number of Topliss-reactive ketones (excluding diaryl/α,β-unsaturated/α-hetero) is 1. The van der Waals surface area contributed by atoms with Crippen LogP contribution in [0.3, 0.4) is 0 Å². The highest BCUT2D eigenvalue weighted by molar-refractivity contribution is 6.30. The van der Waals surface area contributed by atoms with Crippen molar-refractivity contribution in [2.45, 2.75) is 52.4 Å². The van der Waals surface area contributed by atoms with E-state index in [1.807, 2.05) is 45.0 Å². The quantitative estimate of drug-likeness (QED) is 0.225. The van der Waals surface area contributed by atoms with Gasteiger partial charge < -0.3 is 24.3 Å². The summed E-state index contributed by atoms with van der Waals surface area (Å²) >= 11 is 6.09. The number of carbonyl (C=O) groups excluding carboxylic acids is 3. The standard InChI is InChI=1S/C31H34ClNO7/c1-5-37-13-14-39-31(36)28-18(3)33-24-15-22(20-7-10-23(32)11-8-20)16-25(35)30(24)29(28)21-9-12-26(40-19(4)34)27(17-21)38-6-2/h7-12,17,22,29,33H,5-6,13-16H2,1-4H3/t22-,29+/m0/s1. The maximum absolute atomic E-state index is 13.8. The fourth-order valence-corrected chi connectivity index (χ4v) is 5.37. The Hall–Kier alpha value is -3.62. The summed E-state index contributed by atoms with van der Waals surface area (Å²) in [5, 5.41) is 3.98. The first-order valence-electron chi connectivity index (χ1n) is 13.4. The van der Waals surface area contributed by atoms with E-state index in [1.54, 1.807) is 18.2 Å². The molecule has 1 N–H and O–H groups in total. The number of halogens is 1. The van der Waals surface area contributed by atoms with Crippen molar-refractivity contribution in [3.8, 4) is 11.5 Å². The van der Waals surface area contributed by atoms with Crippen LogP contribution < -0.4 is 14.8 Å². The van der Waals surface area contributed by atoms with Gasteiger partial charge in [0.2, 0.25) is 0 Å². The van der Waals surface area contributed by atoms with Gasteiger partial charge in [-0.3, -0.25) is 9.59 Å². The smallest absolute Gasteiger partial charge is 0.336 e. The Balaban J connectivity index is 1.77. The lowest BCUT2D eigenvalue weighted by atomic mass is 9.71. The van der Waals surface area contributed by atoms with Crippen molar-refractivity contribution < 1.29 is 33.3 Å². The predicted molar refractivity (Wildman–Crippen MR) is 150 cm³/mol. The van der Waals surface area contributed by atoms with Crippen molar-refractivity contribution in [3.05, 3.63) is 81.2 Å². The summed E-state index contributed by atoms with van der Waals surface area (Å²) in [6.45, 7) is 8.01. The van der Waals surface area contributed by atoms with Crippen LogP contribution in [0.2, 0.25) is 5.02 Å². The van der Waals surface area contributed by atoms with Crippen LogP contribution in [0.4, 0.5) is 0 Å². The normalized spacial score (nSPS) is 18.7. The van der Waals surface area contributed by atoms with Gasteiger partial charge in [0.15, 0.2) is 17.3 Å². The summed E-state index contributed by atoms with van der Waals surface area (Å²) in [7, 11) is 0. The molecule has 0 fully saturated rings. The van der Waals surface area contributed by atoms with Crippen LogP contribution >= 0.6 is 11.6 Å². The maximum Gasteiger partial charge on any atom is 0.336 e. The molecule has 0 radical (unpaired) electrons. The van der Waals surface area contributed by atoms with Crippen LogP contribution in [-0.4, -0.2) is 44.1 Å². The van der Waals surface area contributed by atoms with Crippen LogP contribution in [0.5, 0.6) is 11.5 Å². The lowest BCUT2D eigenvalue weighted by Gasteiger charge is -2.37. The van der Waals surface area contributed by atoms with Crippen molar-refractivity contribution in [1.82, 2.24) is 5.32 Å². The SMILES string of the molecule is CCOCCOC(=O)C1=C(C)NC2=C(C(=O)C[C@@H](c3ccc(Cl)cc3)C2)[C@@H]1c1ccc(OC(C)=O)c(OCC)c1. The number of nitrogens with one attached hydrogen (secondary N) is 1. The third kappa shape index (κ3) is 6.57. The second kappa shape index (κ2) is 13.2. The molecule has 2 atom stereocenters. The zero-order valence-electron chi connectivity index (χ0n) is 23.2. The fourth-order valence-electron chi connectivity index (χ4n) is 5.24. The molecule has 212 valence electrons. The number of rotatable bonds is 10. The zero-order valence-corrected chi connectivity index (χ0v) is 23.9. The molecule has 9 heteroatoms. The number of esters is 2. The molecule has 4 rings (SSSR count). The first kappa shape index (κ1) is 29.4. The van der Waals surface area contributed by atoms with Crippen LogP contribution in [0, 0.1) is 0 Å². The minimum absolute atomic E-state index is 0.0329. The molecule has 1 heterocycles. The minimum atomic E-state index is -0.694. The number of ether oxygens (including phenoxy) is 4. The molecule has 1 aliphatic carbocycles. The van der Waals surface area contributed by atoms with Gasteiger partial charge in [-0.25, -0.2) is 4.79 Å². The van der Waals surface area contributed by atoms with Crippen molar-refractivity contribution in [2.75, 3.05) is 26.4 Å². The Morgan fingerprint density at radius 3 is 2.38 bits per heavy atom. The molecular formula is C31H34ClNO7. The highest BCUT2D eigenvalue weighted by Gasteiger charge is 2.41. The van der Waals surface area contributed by atoms with E-state index in [4.69, 9.17) is 30.5 Å². The zero-order chi connectivity index (χ0) is 28.8. The highest BCUT2D eigenvalue weighted by Crippen LogP contribution is 2.47. The third-order valence-electron chi connectivity index (χ3n) is 6.91. The van der Waals surface area contributed by atoms with Gasteiger partial charge in [0.1, 0.15) is 6.61 Å². The molecule has 0 saturated carbocycles. The Morgan fingerprint density at radius 1 is 0.975 bits per heavy atom. The average molecular weight is 568 g/mol. The first-order chi connectivity index (χ1) is 19.2. The van der Waals surface area contributed by atoms with Crippen LogP contribution in [0.25, 0.3) is 0 Å². The summed E-state index contributed by atoms with van der Waals surface area (Å²) in [5.74, 6) is -1.19. The van der Waals surface area contributed by atoms with Gasteiger partial charge in [0, 0.05) is 47.9 Å². The van der Waals surface area contributed by atoms with Gasteiger partial charge in [0.05, 0.1) is 18.8 Å². The average Bonchev–Trinajstić information content (AvgIpc) is 2.91. The Labute approximate surface area is 239 Å². The number of ketones is 1. The molecule has 2 aromatic rings. The molecule has 0 saturated heterocycles. The third-order valence-corrected chi connectivity index (χ3v) is 7.16. The number of dihydropyridines is 1. The summed E-state index contributed by atoms with van der Waals surface area (Å²) in [4.78, 5) is 39.0. The summed E-state index contributed by atoms with van der Waals surface area (Å²) in [5.41, 5.74) is 3.92. The number of hydrogen-bond acceptors (Lipinski definition) is 8. The molecule has 2 aliphatic rings. The molecule has 8 nitrogen and oxygen atoms in total. The van der Waals surface area contributed by atoms with Crippen molar-refractivity contribution in [3.63, 3.8) is 0 Å². The lowest BCUT2D eigenvalue weighted by molar-refractivity contribution is -0.141. The molecule has 0 amide bonds. The topological polar surface area (TPSA) is 100 Å². The molecule has 40 heavy (non-hydrogen) atoms. The van der Waals surface area contributed by atoms with E-state index in [9.17, 15) is 14.4 Å². The second-order valence-corrected chi connectivity index (χ2v) is 10.1. The van der Waals surface area contributed by atoms with Crippen molar-refractivity contribution in [1.29, 1.82) is 0 Å². The predicted octanol–water partition coefficient (Wildman–Crippen LogP) is 5.61. The molecule has 1 aliphatic heterocycles. The number of carbonyl (C=O) groups is 3. The van der Waals surface area contributed by atoms with Crippen LogP contribution in [0.15, 0.2) is 65.0 Å². The minimum Gasteiger partial charge on any atom is -0.490 e. The largest absolute Gasteiger partial charge is 0.490 e. The molecule has 0 spiro atoms. The van der Waals surface area contributed by atoms with Gasteiger partial charge in [-0.1, -0.05) is 29.8 Å². The molecule has 0 bridgehead atoms. The molecule has 0 aromatic heterocycles. The van der Waals surface area contributed by atoms with Crippen LogP contribution in [-0.2, 0) is 23.9 Å². The van der Waals surface area contributed by atoms with E-state index in [0.717, 1.165) is 11.3 Å². The van der Waals surface area contributed by atoms with E-state index in [2.05, 4.69) is 5.32 Å². The summed E-state index contributed by atoms with van der Waals surface area (Å²) in [6.07, 6.45) is 0.876. The number of hydrogen-bond donors (Lipinski definition) is 1. The van der Waals surface area contributed by atoms with Gasteiger partial charge in [-0.15, -0.1) is 0 Å². The number of benzene rings is 2. The Kier molecular flexibility index (Phi) is 9.66. The fraction of sp³-hybridized carbons (Fsp3) is 0.387. The van der Waals surface area contributed by atoms with Gasteiger partial charge in [-0.05, 0) is 68.5 Å². The number of allylic oxidation sites excluding steroid dienone is 3. The van der Waals surface area contributed by atoms with Crippen LogP contribution in [0.1, 0.15) is 63.5 Å². The molecule has 0 unspecified atom stereocenters. The van der Waals surface area contributed by atoms with Gasteiger partial charge >= 0.3 is 11.9 Å². The van der Waals surface area contributed by atoms with E-state index < -0.39 is 17.9 Å². The highest BCUT2D eigenvalue weighted by atomic mass is 35.5. The maximum atomic E-state index is 13.8. The van der Waals surface area contributed by atoms with Gasteiger partial charge in [0.25, 0.3) is 0 Å². The Morgan fingerprint density at radius 2 is 1.70 bits per heavy atom. The second-order valence-electron chi connectivity index (χ2n) is 9.63. The van der Waals surface area contributed by atoms with Gasteiger partial charge in [-0.2, -0.15) is 0 Å².